The second-order valence-corrected chi connectivity index (χ2v) is 4.91. The average molecular weight is 263 g/mol. The molecule has 0 aromatic heterocycles. The second kappa shape index (κ2) is 5.93. The molecule has 0 amide bonds. The van der Waals surface area contributed by atoms with Crippen molar-refractivity contribution in [1.82, 2.24) is 4.90 Å². The largest absolute Gasteiger partial charge is 0.462 e. The third-order valence-corrected chi connectivity index (χ3v) is 3.31. The van der Waals surface area contributed by atoms with Crippen LogP contribution in [0.1, 0.15) is 23.7 Å². The van der Waals surface area contributed by atoms with Gasteiger partial charge in [-0.2, -0.15) is 0 Å². The molecule has 1 heterocycles. The highest BCUT2D eigenvalue weighted by molar-refractivity contribution is 5.91. The van der Waals surface area contributed by atoms with Gasteiger partial charge in [-0.3, -0.25) is 0 Å². The van der Waals surface area contributed by atoms with Crippen molar-refractivity contribution in [3.63, 3.8) is 0 Å². The van der Waals surface area contributed by atoms with Gasteiger partial charge in [0.2, 0.25) is 0 Å². The van der Waals surface area contributed by atoms with Gasteiger partial charge in [0.15, 0.2) is 0 Å². The Hall–Kier alpha value is -1.75. The van der Waals surface area contributed by atoms with Crippen molar-refractivity contribution in [3.8, 4) is 0 Å². The Morgan fingerprint density at radius 1 is 1.58 bits per heavy atom. The first-order chi connectivity index (χ1) is 9.10. The summed E-state index contributed by atoms with van der Waals surface area (Å²) in [6.45, 7) is 4.26. The normalized spacial score (nSPS) is 19.4. The molecule has 104 valence electrons. The molecule has 0 saturated carbocycles. The minimum Gasteiger partial charge on any atom is -0.462 e. The second-order valence-electron chi connectivity index (χ2n) is 4.91. The quantitative estimate of drug-likeness (QED) is 0.637. The van der Waals surface area contributed by atoms with E-state index in [9.17, 15) is 4.79 Å². The van der Waals surface area contributed by atoms with Crippen molar-refractivity contribution in [2.75, 3.05) is 37.8 Å². The van der Waals surface area contributed by atoms with Gasteiger partial charge in [0.1, 0.15) is 0 Å². The lowest BCUT2D eigenvalue weighted by atomic mass is 10.1. The predicted octanol–water partition coefficient (Wildman–Crippen LogP) is 1.56. The molecule has 1 saturated heterocycles. The molecule has 1 aromatic rings. The smallest absolute Gasteiger partial charge is 0.338 e. The number of nitrogen functional groups attached to an aromatic ring is 1. The van der Waals surface area contributed by atoms with E-state index in [4.69, 9.17) is 10.5 Å². The molecule has 0 radical (unpaired) electrons. The van der Waals surface area contributed by atoms with Gasteiger partial charge in [0, 0.05) is 12.6 Å². The van der Waals surface area contributed by atoms with Crippen LogP contribution in [0, 0.1) is 0 Å². The van der Waals surface area contributed by atoms with E-state index in [2.05, 4.69) is 17.3 Å². The SMILES string of the molecule is CCOC(=O)c1ccc(NC2CCN(C)C2)c(N)c1. The number of nitrogens with one attached hydrogen (secondary N) is 1. The molecule has 5 heteroatoms. The molecule has 1 aliphatic heterocycles. The van der Waals surface area contributed by atoms with Gasteiger partial charge in [-0.25, -0.2) is 4.79 Å². The number of benzene rings is 1. The molecular weight excluding hydrogens is 242 g/mol. The van der Waals surface area contributed by atoms with Crippen LogP contribution >= 0.6 is 0 Å². The van der Waals surface area contributed by atoms with Gasteiger partial charge >= 0.3 is 5.97 Å². The van der Waals surface area contributed by atoms with Crippen LogP contribution in [0.3, 0.4) is 0 Å². The number of hydrogen-bond acceptors (Lipinski definition) is 5. The van der Waals surface area contributed by atoms with Gasteiger partial charge in [-0.05, 0) is 45.1 Å². The monoisotopic (exact) mass is 263 g/mol. The number of ether oxygens (including phenoxy) is 1. The summed E-state index contributed by atoms with van der Waals surface area (Å²) in [7, 11) is 2.11. The number of carbonyl (C=O) groups excluding carboxylic acids is 1. The minimum absolute atomic E-state index is 0.332. The van der Waals surface area contributed by atoms with Crippen LogP contribution in [0.5, 0.6) is 0 Å². The standard InChI is InChI=1S/C14H21N3O2/c1-3-19-14(18)10-4-5-13(12(15)8-10)16-11-6-7-17(2)9-11/h4-5,8,11,16H,3,6-7,9,15H2,1-2H3. The fourth-order valence-corrected chi connectivity index (χ4v) is 2.31. The maximum absolute atomic E-state index is 11.6. The van der Waals surface area contributed by atoms with E-state index in [1.165, 1.54) is 0 Å². The number of likely N-dealkylation sites (N-methyl/N-ethyl adjacent to an activating group) is 1. The first kappa shape index (κ1) is 13.7. The van der Waals surface area contributed by atoms with E-state index in [0.717, 1.165) is 25.2 Å². The first-order valence-electron chi connectivity index (χ1n) is 6.62. The van der Waals surface area contributed by atoms with Crippen molar-refractivity contribution in [1.29, 1.82) is 0 Å². The third kappa shape index (κ3) is 3.38. The van der Waals surface area contributed by atoms with Crippen molar-refractivity contribution in [2.45, 2.75) is 19.4 Å². The van der Waals surface area contributed by atoms with Crippen LogP contribution in [-0.4, -0.2) is 43.7 Å². The van der Waals surface area contributed by atoms with E-state index in [-0.39, 0.29) is 5.97 Å². The number of anilines is 2. The van der Waals surface area contributed by atoms with E-state index >= 15 is 0 Å². The summed E-state index contributed by atoms with van der Waals surface area (Å²) >= 11 is 0. The molecule has 1 aliphatic rings. The Morgan fingerprint density at radius 2 is 2.37 bits per heavy atom. The van der Waals surface area contributed by atoms with Gasteiger partial charge in [0.25, 0.3) is 0 Å². The van der Waals surface area contributed by atoms with E-state index in [1.807, 2.05) is 6.07 Å². The zero-order valence-corrected chi connectivity index (χ0v) is 11.5. The van der Waals surface area contributed by atoms with Gasteiger partial charge in [0.05, 0.1) is 23.5 Å². The van der Waals surface area contributed by atoms with Gasteiger partial charge in [-0.15, -0.1) is 0 Å². The average Bonchev–Trinajstić information content (AvgIpc) is 2.78. The predicted molar refractivity (Wildman–Crippen MR) is 76.3 cm³/mol. The lowest BCUT2D eigenvalue weighted by Crippen LogP contribution is -2.24. The molecule has 0 bridgehead atoms. The van der Waals surface area contributed by atoms with E-state index < -0.39 is 0 Å². The molecule has 5 nitrogen and oxygen atoms in total. The van der Waals surface area contributed by atoms with Crippen LogP contribution in [0.4, 0.5) is 11.4 Å². The van der Waals surface area contributed by atoms with Crippen LogP contribution in [0.2, 0.25) is 0 Å². The number of nitrogens with zero attached hydrogens (tertiary/aromatic N) is 1. The summed E-state index contributed by atoms with van der Waals surface area (Å²) in [6, 6.07) is 5.68. The maximum Gasteiger partial charge on any atom is 0.338 e. The van der Waals surface area contributed by atoms with Crippen molar-refractivity contribution >= 4 is 17.3 Å². The molecule has 1 atom stereocenters. The lowest BCUT2D eigenvalue weighted by Gasteiger charge is -2.16. The third-order valence-electron chi connectivity index (χ3n) is 3.31. The van der Waals surface area contributed by atoms with Gasteiger partial charge in [-0.1, -0.05) is 0 Å². The molecule has 19 heavy (non-hydrogen) atoms. The lowest BCUT2D eigenvalue weighted by molar-refractivity contribution is 0.0526. The maximum atomic E-state index is 11.6. The summed E-state index contributed by atoms with van der Waals surface area (Å²) in [5.41, 5.74) is 7.94. The Bertz CT molecular complexity index is 462. The van der Waals surface area contributed by atoms with E-state index in [1.54, 1.807) is 19.1 Å². The number of rotatable bonds is 4. The Labute approximate surface area is 113 Å². The number of carbonyl (C=O) groups is 1. The highest BCUT2D eigenvalue weighted by Gasteiger charge is 2.20. The molecule has 1 aromatic carbocycles. The molecule has 0 aliphatic carbocycles. The first-order valence-corrected chi connectivity index (χ1v) is 6.62. The summed E-state index contributed by atoms with van der Waals surface area (Å²) < 4.78 is 4.95. The molecule has 2 rings (SSSR count). The summed E-state index contributed by atoms with van der Waals surface area (Å²) in [4.78, 5) is 13.9. The summed E-state index contributed by atoms with van der Waals surface area (Å²) in [5.74, 6) is -0.332. The zero-order valence-electron chi connectivity index (χ0n) is 11.5. The molecule has 1 unspecified atom stereocenters. The number of hydrogen-bond donors (Lipinski definition) is 2. The highest BCUT2D eigenvalue weighted by Crippen LogP contribution is 2.23. The highest BCUT2D eigenvalue weighted by atomic mass is 16.5. The Morgan fingerprint density at radius 3 is 2.95 bits per heavy atom. The fourth-order valence-electron chi connectivity index (χ4n) is 2.31. The molecule has 0 spiro atoms. The van der Waals surface area contributed by atoms with Gasteiger partial charge < -0.3 is 20.7 Å². The number of likely N-dealkylation sites (tertiary alicyclic amines) is 1. The topological polar surface area (TPSA) is 67.6 Å². The van der Waals surface area contributed by atoms with Crippen LogP contribution in [-0.2, 0) is 4.74 Å². The van der Waals surface area contributed by atoms with Crippen molar-refractivity contribution < 1.29 is 9.53 Å². The number of nitrogens with two attached hydrogens (primary N) is 1. The Balaban J connectivity index is 2.04. The van der Waals surface area contributed by atoms with Crippen LogP contribution in [0.25, 0.3) is 0 Å². The molecule has 1 fully saturated rings. The summed E-state index contributed by atoms with van der Waals surface area (Å²) in [6.07, 6.45) is 1.11. The summed E-state index contributed by atoms with van der Waals surface area (Å²) in [5, 5.41) is 3.42. The van der Waals surface area contributed by atoms with Crippen LogP contribution < -0.4 is 11.1 Å². The minimum atomic E-state index is -0.332. The van der Waals surface area contributed by atoms with Crippen LogP contribution in [0.15, 0.2) is 18.2 Å². The van der Waals surface area contributed by atoms with E-state index in [0.29, 0.717) is 23.9 Å². The van der Waals surface area contributed by atoms with Crippen molar-refractivity contribution in [3.05, 3.63) is 23.8 Å². The van der Waals surface area contributed by atoms with Crippen molar-refractivity contribution in [2.24, 2.45) is 0 Å². The molecule has 3 N–H and O–H groups in total. The Kier molecular flexibility index (Phi) is 4.27. The molecular formula is C14H21N3O2. The zero-order chi connectivity index (χ0) is 13.8. The fraction of sp³-hybridized carbons (Fsp3) is 0.500. The number of esters is 1.